The number of hydrogen-bond acceptors (Lipinski definition) is 7. The van der Waals surface area contributed by atoms with Gasteiger partial charge in [0.05, 0.1) is 37.2 Å². The lowest BCUT2D eigenvalue weighted by molar-refractivity contribution is 0.00841. The largest absolute Gasteiger partial charge is 0.494 e. The average molecular weight is 558 g/mol. The van der Waals surface area contributed by atoms with Gasteiger partial charge in [-0.3, -0.25) is 4.98 Å². The van der Waals surface area contributed by atoms with Crippen LogP contribution in [0, 0.1) is 0 Å². The van der Waals surface area contributed by atoms with E-state index in [2.05, 4.69) is 38.5 Å². The topological polar surface area (TPSA) is 107 Å². The molecule has 12 heteroatoms. The summed E-state index contributed by atoms with van der Waals surface area (Å²) in [5.41, 5.74) is 1.59. The Hall–Kier alpha value is -4.09. The van der Waals surface area contributed by atoms with Crippen molar-refractivity contribution in [2.45, 2.75) is 64.5 Å². The van der Waals surface area contributed by atoms with E-state index in [0.29, 0.717) is 60.4 Å². The van der Waals surface area contributed by atoms with Gasteiger partial charge in [-0.25, -0.2) is 23.1 Å². The van der Waals surface area contributed by atoms with Gasteiger partial charge in [-0.1, -0.05) is 12.2 Å². The number of ether oxygens (including phenoxy) is 2. The first-order valence-corrected chi connectivity index (χ1v) is 13.2. The van der Waals surface area contributed by atoms with Gasteiger partial charge in [0.2, 0.25) is 11.6 Å². The molecule has 1 unspecified atom stereocenters. The molecule has 2 amide bonds. The first-order valence-electron chi connectivity index (χ1n) is 13.2. The van der Waals surface area contributed by atoms with Gasteiger partial charge in [0, 0.05) is 31.4 Å². The third kappa shape index (κ3) is 7.73. The minimum atomic E-state index is -2.82. The molecule has 10 nitrogen and oxygen atoms in total. The van der Waals surface area contributed by atoms with Crippen molar-refractivity contribution in [1.29, 1.82) is 0 Å². The molecule has 0 aliphatic heterocycles. The second-order valence-corrected chi connectivity index (χ2v) is 9.41. The van der Waals surface area contributed by atoms with Crippen molar-refractivity contribution >= 4 is 11.7 Å². The first-order chi connectivity index (χ1) is 19.1. The molecule has 3 heterocycles. The molecule has 1 N–H and O–H groups in total. The third-order valence-electron chi connectivity index (χ3n) is 6.34. The van der Waals surface area contributed by atoms with Crippen molar-refractivity contribution in [2.24, 2.45) is 0 Å². The van der Waals surface area contributed by atoms with E-state index in [1.807, 2.05) is 13.8 Å². The van der Waals surface area contributed by atoms with Gasteiger partial charge in [0.25, 0.3) is 5.88 Å². The van der Waals surface area contributed by atoms with Gasteiger partial charge < -0.3 is 19.7 Å². The Morgan fingerprint density at radius 1 is 1.30 bits per heavy atom. The molecule has 0 bridgehead atoms. The second kappa shape index (κ2) is 13.8. The third-order valence-corrected chi connectivity index (χ3v) is 6.34. The van der Waals surface area contributed by atoms with Crippen LogP contribution in [-0.4, -0.2) is 67.7 Å². The van der Waals surface area contributed by atoms with Gasteiger partial charge in [-0.2, -0.15) is 4.98 Å². The zero-order valence-electron chi connectivity index (χ0n) is 23.4. The highest BCUT2D eigenvalue weighted by molar-refractivity contribution is 5.75. The predicted octanol–water partition coefficient (Wildman–Crippen LogP) is 5.62. The van der Waals surface area contributed by atoms with E-state index in [4.69, 9.17) is 9.47 Å². The number of aromatic nitrogens is 5. The molecule has 0 radical (unpaired) electrons. The molecule has 0 aromatic carbocycles. The Labute approximate surface area is 233 Å². The van der Waals surface area contributed by atoms with Gasteiger partial charge in [-0.05, 0) is 46.1 Å². The van der Waals surface area contributed by atoms with Crippen LogP contribution >= 0.6 is 0 Å². The molecule has 2 atom stereocenters. The molecule has 0 saturated carbocycles. The zero-order chi connectivity index (χ0) is 29.3. The normalized spacial score (nSPS) is 12.9. The number of methoxy groups -OCH3 is 1. The second-order valence-electron chi connectivity index (χ2n) is 9.41. The number of carbonyl (C=O) groups excluding carboxylic acids is 1. The zero-order valence-corrected chi connectivity index (χ0v) is 23.4. The summed E-state index contributed by atoms with van der Waals surface area (Å²) < 4.78 is 39.9. The lowest BCUT2D eigenvalue weighted by Gasteiger charge is -2.30. The van der Waals surface area contributed by atoms with E-state index in [0.717, 1.165) is 6.92 Å². The van der Waals surface area contributed by atoms with Crippen molar-refractivity contribution in [3.63, 3.8) is 0 Å². The molecule has 3 rings (SSSR count). The van der Waals surface area contributed by atoms with Crippen LogP contribution in [0.1, 0.15) is 58.2 Å². The fraction of sp³-hybridized carbons (Fsp3) is 0.464. The molecule has 216 valence electrons. The van der Waals surface area contributed by atoms with Crippen LogP contribution in [0.5, 0.6) is 11.6 Å². The maximum absolute atomic E-state index is 13.5. The molecular formula is C28H37F2N7O3. The molecule has 3 aromatic rings. The predicted molar refractivity (Wildman–Crippen MR) is 149 cm³/mol. The quantitative estimate of drug-likeness (QED) is 0.191. The maximum atomic E-state index is 13.5. The summed E-state index contributed by atoms with van der Waals surface area (Å²) in [5.74, 6) is -1.74. The minimum absolute atomic E-state index is 0.128. The Morgan fingerprint density at radius 3 is 2.73 bits per heavy atom. The SMILES string of the molecule is C=CCCOc1nc(-c2cc([C@@H](C)N(CC)C(=O)NC(CC=C)CCC(C)(F)F)ncc2OC)nn2ccnc12. The summed E-state index contributed by atoms with van der Waals surface area (Å²) in [6.45, 7) is 12.7. The fourth-order valence-electron chi connectivity index (χ4n) is 4.16. The standard InChI is InChI=1S/C28H37F2N7O3/c1-7-10-16-40-26-25-31-14-15-37(25)35-24(34-26)21-17-22(32-18-23(21)39-6)19(4)36(9-3)27(38)33-20(11-8-2)12-13-28(5,29)30/h7-8,14-15,17-20H,1-2,9-13,16H2,3-6H3,(H,33,38)/t19-,20?/m1/s1. The highest BCUT2D eigenvalue weighted by Gasteiger charge is 2.27. The Kier molecular flexibility index (Phi) is 10.5. The van der Waals surface area contributed by atoms with Crippen LogP contribution in [0.2, 0.25) is 0 Å². The first kappa shape index (κ1) is 30.5. The van der Waals surface area contributed by atoms with Crippen LogP contribution in [0.15, 0.2) is 50.0 Å². The number of imidazole rings is 1. The van der Waals surface area contributed by atoms with Gasteiger partial charge in [-0.15, -0.1) is 18.3 Å². The fourth-order valence-corrected chi connectivity index (χ4v) is 4.16. The number of fused-ring (bicyclic) bond motifs is 1. The highest BCUT2D eigenvalue weighted by Crippen LogP contribution is 2.32. The number of hydrogen-bond donors (Lipinski definition) is 1. The van der Waals surface area contributed by atoms with Crippen LogP contribution in [0.4, 0.5) is 13.6 Å². The molecular weight excluding hydrogens is 520 g/mol. The number of alkyl halides is 2. The molecule has 0 fully saturated rings. The Morgan fingerprint density at radius 2 is 2.08 bits per heavy atom. The van der Waals surface area contributed by atoms with Crippen LogP contribution < -0.4 is 14.8 Å². The van der Waals surface area contributed by atoms with Crippen molar-refractivity contribution < 1.29 is 23.0 Å². The van der Waals surface area contributed by atoms with E-state index in [1.54, 1.807) is 46.2 Å². The molecule has 0 aliphatic carbocycles. The molecule has 0 spiro atoms. The van der Waals surface area contributed by atoms with E-state index < -0.39 is 18.0 Å². The van der Waals surface area contributed by atoms with E-state index >= 15 is 0 Å². The number of carbonyl (C=O) groups is 1. The number of halogens is 2. The van der Waals surface area contributed by atoms with Crippen molar-refractivity contribution in [1.82, 2.24) is 34.8 Å². The summed E-state index contributed by atoms with van der Waals surface area (Å²) in [5, 5.41) is 7.46. The number of pyridine rings is 1. The van der Waals surface area contributed by atoms with Crippen LogP contribution in [0.25, 0.3) is 17.0 Å². The maximum Gasteiger partial charge on any atom is 0.318 e. The smallest absolute Gasteiger partial charge is 0.318 e. The lowest BCUT2D eigenvalue weighted by atomic mass is 10.1. The van der Waals surface area contributed by atoms with Crippen LogP contribution in [-0.2, 0) is 0 Å². The molecule has 0 aliphatic rings. The van der Waals surface area contributed by atoms with Gasteiger partial charge >= 0.3 is 6.03 Å². The summed E-state index contributed by atoms with van der Waals surface area (Å²) in [7, 11) is 1.52. The summed E-state index contributed by atoms with van der Waals surface area (Å²) >= 11 is 0. The lowest BCUT2D eigenvalue weighted by Crippen LogP contribution is -2.46. The van der Waals surface area contributed by atoms with E-state index in [9.17, 15) is 13.6 Å². The van der Waals surface area contributed by atoms with Crippen molar-refractivity contribution in [3.05, 3.63) is 55.7 Å². The molecule has 0 saturated heterocycles. The summed E-state index contributed by atoms with van der Waals surface area (Å²) in [4.78, 5) is 28.2. The molecule has 3 aromatic heterocycles. The Balaban J connectivity index is 1.91. The number of amides is 2. The average Bonchev–Trinajstić information content (AvgIpc) is 3.40. The number of urea groups is 1. The number of nitrogens with one attached hydrogen (secondary N) is 1. The summed E-state index contributed by atoms with van der Waals surface area (Å²) in [6, 6.07) is 0.455. The Bertz CT molecular complexity index is 1310. The highest BCUT2D eigenvalue weighted by atomic mass is 19.3. The monoisotopic (exact) mass is 557 g/mol. The minimum Gasteiger partial charge on any atom is -0.494 e. The van der Waals surface area contributed by atoms with Crippen molar-refractivity contribution in [2.75, 3.05) is 20.3 Å². The van der Waals surface area contributed by atoms with Crippen LogP contribution in [0.3, 0.4) is 0 Å². The molecule has 40 heavy (non-hydrogen) atoms. The van der Waals surface area contributed by atoms with Gasteiger partial charge in [0.15, 0.2) is 5.82 Å². The van der Waals surface area contributed by atoms with E-state index in [1.165, 1.54) is 7.11 Å². The van der Waals surface area contributed by atoms with Gasteiger partial charge in [0.1, 0.15) is 5.75 Å². The summed E-state index contributed by atoms with van der Waals surface area (Å²) in [6.07, 6.45) is 9.01. The number of rotatable bonds is 15. The van der Waals surface area contributed by atoms with E-state index in [-0.39, 0.29) is 18.9 Å². The van der Waals surface area contributed by atoms with Crippen molar-refractivity contribution in [3.8, 4) is 23.0 Å². The number of nitrogens with zero attached hydrogens (tertiary/aromatic N) is 6.